The molecule has 14 heterocycles. The zero-order chi connectivity index (χ0) is 106. The van der Waals surface area contributed by atoms with E-state index in [2.05, 4.69) is 51.3 Å². The number of carbonyl (C=O) groups excluding carboxylic acids is 7. The molecule has 7 aliphatic rings. The number of rotatable bonds is 26. The van der Waals surface area contributed by atoms with Crippen LogP contribution in [0.1, 0.15) is 263 Å². The lowest BCUT2D eigenvalue weighted by Crippen LogP contribution is -2.35. The van der Waals surface area contributed by atoms with Crippen molar-refractivity contribution in [3.05, 3.63) is 168 Å². The van der Waals surface area contributed by atoms with Crippen LogP contribution in [0.3, 0.4) is 0 Å². The molecular weight excluding hydrogens is 1950 g/mol. The molecule has 11 aromatic rings. The second kappa shape index (κ2) is 49.2. The minimum Gasteiger partial charge on any atom is -0.443 e. The average molecular weight is 2090 g/mol. The van der Waals surface area contributed by atoms with Crippen LogP contribution in [0.4, 0.5) is 66.4 Å². The summed E-state index contributed by atoms with van der Waals surface area (Å²) in [6, 6.07) is 17.4. The summed E-state index contributed by atoms with van der Waals surface area (Å²) in [7, 11) is 11.6. The summed E-state index contributed by atoms with van der Waals surface area (Å²) >= 11 is 12.3. The Kier molecular flexibility index (Phi) is 36.9. The molecule has 3 aliphatic heterocycles. The van der Waals surface area contributed by atoms with E-state index in [0.29, 0.717) is 156 Å². The number of nitrogens with zero attached hydrogens (tertiary/aromatic N) is 18. The Morgan fingerprint density at radius 1 is 0.419 bits per heavy atom. The first-order valence-electron chi connectivity index (χ1n) is 50.5. The molecule has 18 rings (SSSR count). The molecule has 4 unspecified atom stereocenters. The van der Waals surface area contributed by atoms with Crippen LogP contribution in [-0.2, 0) is 42.6 Å². The second-order valence-corrected chi connectivity index (χ2v) is 42.4. The highest BCUT2D eigenvalue weighted by atomic mass is 35.5. The third kappa shape index (κ3) is 28.1. The van der Waals surface area contributed by atoms with E-state index in [9.17, 15) is 53.1 Å². The number of halogens is 2. The molecule has 0 spiro atoms. The number of ether oxygens (including phenoxy) is 9. The molecule has 4 saturated carbocycles. The van der Waals surface area contributed by atoms with Gasteiger partial charge in [-0.15, -0.1) is 0 Å². The molecule has 0 aromatic carbocycles. The summed E-state index contributed by atoms with van der Waals surface area (Å²) in [4.78, 5) is 150. The number of hydrogen-bond acceptors (Lipinski definition) is 32. The maximum Gasteiger partial charge on any atom is 0.415 e. The van der Waals surface area contributed by atoms with Gasteiger partial charge in [0.25, 0.3) is 16.7 Å². The van der Waals surface area contributed by atoms with Crippen LogP contribution in [0, 0.1) is 23.7 Å². The van der Waals surface area contributed by atoms with Gasteiger partial charge in [-0.3, -0.25) is 48.3 Å². The van der Waals surface area contributed by atoms with E-state index in [1.54, 1.807) is 179 Å². The quantitative estimate of drug-likeness (QED) is 0.0191. The van der Waals surface area contributed by atoms with Crippen molar-refractivity contribution < 1.29 is 81.3 Å². The van der Waals surface area contributed by atoms with Gasteiger partial charge in [-0.25, -0.2) is 34.3 Å². The Bertz CT molecular complexity index is 6730. The highest BCUT2D eigenvalue weighted by molar-refractivity contribution is 6.30. The number of hydrogen-bond donors (Lipinski definition) is 5. The normalized spacial score (nSPS) is 19.8. The number of aromatic nitrogens is 15. The average Bonchev–Trinajstić information content (AvgIpc) is 1.64. The largest absolute Gasteiger partial charge is 0.443 e. The number of Topliss-reactive ketones (excluding diaryl/α,β-unsaturated/α-hetero) is 4. The molecule has 11 aromatic heterocycles. The van der Waals surface area contributed by atoms with Crippen molar-refractivity contribution in [1.82, 2.24) is 72.1 Å². The maximum atomic E-state index is 13.5. The van der Waals surface area contributed by atoms with Gasteiger partial charge < -0.3 is 83.1 Å². The van der Waals surface area contributed by atoms with E-state index >= 15 is 0 Å². The Labute approximate surface area is 867 Å². The first-order valence-corrected chi connectivity index (χ1v) is 51.3. The van der Waals surface area contributed by atoms with Gasteiger partial charge in [0.1, 0.15) is 73.4 Å². The molecule has 0 bridgehead atoms. The number of fused-ring (bicyclic) bond motifs is 4. The van der Waals surface area contributed by atoms with E-state index in [4.69, 9.17) is 76.6 Å². The summed E-state index contributed by atoms with van der Waals surface area (Å²) < 4.78 is 60.0. The summed E-state index contributed by atoms with van der Waals surface area (Å²) in [5.41, 5.74) is 7.21. The van der Waals surface area contributed by atoms with E-state index in [-0.39, 0.29) is 116 Å². The molecule has 3 saturated heterocycles. The second-order valence-electron chi connectivity index (χ2n) is 41.6. The number of ketones is 4. The lowest BCUT2D eigenvalue weighted by molar-refractivity contribution is 0.0577. The van der Waals surface area contributed by atoms with E-state index in [1.165, 1.54) is 59.0 Å². The molecule has 3 amide bonds. The predicted octanol–water partition coefficient (Wildman–Crippen LogP) is 16.6. The third-order valence-electron chi connectivity index (χ3n) is 27.4. The standard InChI is InChI=1S/C30H40N6O6.C25H32N6O4.C20H27ClN4O4.C19H25ClN4O4.C10H14N2O2/c1-30(2,3)42-29(39)34(4)26-17-25(32-23-7-6-12-35(28(23)38)20-10-13-41-14-11-20)33-27-22(18-31-36(26)27)24(37)16-19-8-9-21(15-19)40-5;1-26-23-14-22(28-20-4-3-9-30(25(20)33)17-7-10-35-11-8-17)29-24-19(15-27-31(23)24)21(32)13-16-5-6-18(12-16)34-2;1-20(2,3)29-19(27)24(4)17-10-16(21)23-18-14(11-22-25(17)18)15(26)9-12-6-7-13(8-12)28-5;1-19(2,3)28-18(27)23(4)16-9-15(20)22-17-13(10-21-24(16)17)14(26)8-11-5-6-12(25)7-11;11-9-2-1-5-12(10(9)13)8-3-6-14-7-4-8/h6-7,12,17-21H,8-11,13-16H2,1-5H3,(H,32,33);3-4,9,14-18,26H,5-8,10-13H2,1-2H3,(H,28,29);10-13H,6-9H2,1-5H3;9-12,25H,5-8H2,1-4H3;1-2,5,8H,3-4,6-7,11H2/t19?,21-;16?,18-;12?,13-;11?,12-;/m1111./s1. The van der Waals surface area contributed by atoms with Crippen LogP contribution in [0.15, 0.2) is 118 Å². The van der Waals surface area contributed by atoms with Crippen molar-refractivity contribution in [2.24, 2.45) is 23.7 Å². The van der Waals surface area contributed by atoms with Gasteiger partial charge in [-0.2, -0.15) is 38.5 Å². The van der Waals surface area contributed by atoms with Crippen molar-refractivity contribution in [2.75, 3.05) is 126 Å². The fourth-order valence-corrected chi connectivity index (χ4v) is 20.0. The number of nitrogens with two attached hydrogens (primary N) is 1. The van der Waals surface area contributed by atoms with Crippen molar-refractivity contribution in [3.8, 4) is 0 Å². The smallest absolute Gasteiger partial charge is 0.415 e. The molecular formula is C104H138Cl2N22O20. The number of pyridine rings is 3. The lowest BCUT2D eigenvalue weighted by Gasteiger charge is -2.25. The Hall–Kier alpha value is -12.7. The van der Waals surface area contributed by atoms with Crippen LogP contribution in [0.25, 0.3) is 22.6 Å². The van der Waals surface area contributed by atoms with Gasteiger partial charge >= 0.3 is 18.3 Å². The Morgan fingerprint density at radius 2 is 0.723 bits per heavy atom. The Morgan fingerprint density at radius 3 is 1.05 bits per heavy atom. The highest BCUT2D eigenvalue weighted by Gasteiger charge is 2.37. The molecule has 4 aliphatic carbocycles. The highest BCUT2D eigenvalue weighted by Crippen LogP contribution is 2.39. The number of amides is 3. The fraction of sp³-hybridized carbons (Fsp3) is 0.558. The van der Waals surface area contributed by atoms with Crippen LogP contribution in [-0.4, -0.2) is 249 Å². The molecule has 6 N–H and O–H groups in total. The van der Waals surface area contributed by atoms with Crippen molar-refractivity contribution in [3.63, 3.8) is 0 Å². The van der Waals surface area contributed by atoms with Gasteiger partial charge in [0, 0.05) is 176 Å². The number of aliphatic hydroxyl groups is 1. The number of nitrogens with one attached hydrogen (secondary N) is 3. The topological polar surface area (TPSA) is 481 Å². The first kappa shape index (κ1) is 111. The minimum absolute atomic E-state index is 0.0232. The zero-order valence-corrected chi connectivity index (χ0v) is 88.6. The summed E-state index contributed by atoms with van der Waals surface area (Å²) in [5, 5.41) is 36.8. The summed E-state index contributed by atoms with van der Waals surface area (Å²) in [5.74, 6) is 3.24. The van der Waals surface area contributed by atoms with Gasteiger partial charge in [-0.1, -0.05) is 23.2 Å². The molecule has 148 heavy (non-hydrogen) atoms. The van der Waals surface area contributed by atoms with E-state index < -0.39 is 35.1 Å². The van der Waals surface area contributed by atoms with Gasteiger partial charge in [-0.05, 0) is 238 Å². The van der Waals surface area contributed by atoms with Gasteiger partial charge in [0.05, 0.1) is 77.1 Å². The zero-order valence-electron chi connectivity index (χ0n) is 87.1. The van der Waals surface area contributed by atoms with Crippen molar-refractivity contribution in [1.29, 1.82) is 0 Å². The maximum absolute atomic E-state index is 13.5. The van der Waals surface area contributed by atoms with Crippen LogP contribution in [0.5, 0.6) is 0 Å². The SMILES string of the molecule is CN(C(=O)OC(C)(C)C)c1cc(Cl)nc2c(C(=O)CC3CC[C@@H](O)C3)cnn12.CNc1cc(Nc2cccn(C3CCOCC3)c2=O)nc2c(C(=O)CC3CC[C@@H](OC)C3)cnn12.CO[C@@H]1CCC(CC(=O)c2cnn3c(N(C)C(=O)OC(C)(C)C)cc(Cl)nc23)C1.CO[C@@H]1CCC(CC(=O)c2cnn3c(N(C)C(=O)OC(C)(C)C)cc(Nc4cccn(C5CCOCC5)c4=O)nc23)C1.Nc1cccn(C2CCOCC2)c1=O. The number of carbonyl (C=O) groups is 7. The summed E-state index contributed by atoms with van der Waals surface area (Å²) in [6.45, 7) is 20.0. The van der Waals surface area contributed by atoms with Crippen molar-refractivity contribution in [2.45, 2.75) is 263 Å². The van der Waals surface area contributed by atoms with Crippen LogP contribution >= 0.6 is 23.2 Å². The molecule has 8 atom stereocenters. The minimum atomic E-state index is -0.718. The fourth-order valence-electron chi connectivity index (χ4n) is 19.6. The molecule has 798 valence electrons. The van der Waals surface area contributed by atoms with Crippen LogP contribution < -0.4 is 53.1 Å². The predicted molar refractivity (Wildman–Crippen MR) is 559 cm³/mol. The van der Waals surface area contributed by atoms with E-state index in [1.807, 2.05) is 24.4 Å². The van der Waals surface area contributed by atoms with Gasteiger partial charge in [0.2, 0.25) is 0 Å². The molecule has 0 radical (unpaired) electrons. The Balaban J connectivity index is 0.000000150. The lowest BCUT2D eigenvalue weighted by atomic mass is 9.98. The van der Waals surface area contributed by atoms with Crippen molar-refractivity contribution >= 4 is 139 Å². The number of nitrogen functional groups attached to an aromatic ring is 1. The first-order chi connectivity index (χ1) is 70.5. The summed E-state index contributed by atoms with van der Waals surface area (Å²) in [6.07, 6.45) is 27.0. The monoisotopic (exact) mass is 2080 g/mol. The molecule has 42 nitrogen and oxygen atoms in total. The number of methoxy groups -OCH3 is 3. The number of anilines is 9. The van der Waals surface area contributed by atoms with Gasteiger partial charge in [0.15, 0.2) is 45.7 Å². The molecule has 44 heteroatoms. The molecule has 7 fully saturated rings. The third-order valence-corrected chi connectivity index (χ3v) is 27.8. The van der Waals surface area contributed by atoms with Crippen LogP contribution in [0.2, 0.25) is 10.3 Å². The number of aliphatic hydroxyl groups excluding tert-OH is 1. The van der Waals surface area contributed by atoms with E-state index in [0.717, 1.165) is 122 Å².